The van der Waals surface area contributed by atoms with E-state index >= 15 is 0 Å². The van der Waals surface area contributed by atoms with E-state index in [4.69, 9.17) is 0 Å². The van der Waals surface area contributed by atoms with Gasteiger partial charge in [-0.15, -0.1) is 0 Å². The molecule has 0 aliphatic heterocycles. The SMILES string of the molecule is CS(=O)(=O)c1nc2ccccc2n1CC(=O)Nc1ccc2c(c1)C(=O)c1ccccc1C2=O. The molecular formula is C24H17N3O5S. The maximum absolute atomic E-state index is 12.9. The summed E-state index contributed by atoms with van der Waals surface area (Å²) in [6.07, 6.45) is 1.03. The van der Waals surface area contributed by atoms with E-state index in [-0.39, 0.29) is 34.4 Å². The van der Waals surface area contributed by atoms with Gasteiger partial charge in [0.05, 0.1) is 11.0 Å². The Hall–Kier alpha value is -4.11. The molecule has 8 nitrogen and oxygen atoms in total. The van der Waals surface area contributed by atoms with Crippen molar-refractivity contribution < 1.29 is 22.8 Å². The Labute approximate surface area is 188 Å². The molecule has 0 radical (unpaired) electrons. The lowest BCUT2D eigenvalue weighted by atomic mass is 9.84. The number of ketones is 2. The topological polar surface area (TPSA) is 115 Å². The number of imidazole rings is 1. The third-order valence-corrected chi connectivity index (χ3v) is 6.44. The molecule has 1 aromatic heterocycles. The van der Waals surface area contributed by atoms with Crippen LogP contribution in [0.1, 0.15) is 31.8 Å². The molecule has 1 aliphatic rings. The van der Waals surface area contributed by atoms with Crippen molar-refractivity contribution in [3.8, 4) is 0 Å². The summed E-state index contributed by atoms with van der Waals surface area (Å²) in [5.41, 5.74) is 2.45. The fraction of sp³-hybridized carbons (Fsp3) is 0.0833. The standard InChI is InChI=1S/C24H17N3O5S/c1-33(31,32)24-26-19-8-4-5-9-20(19)27(24)13-21(28)25-14-10-11-17-18(12-14)23(30)16-7-3-2-6-15(16)22(17)29/h2-12H,13H2,1H3,(H,25,28). The molecule has 0 saturated heterocycles. The molecule has 1 amide bonds. The van der Waals surface area contributed by atoms with Crippen LogP contribution in [0.4, 0.5) is 5.69 Å². The molecule has 1 N–H and O–H groups in total. The maximum Gasteiger partial charge on any atom is 0.244 e. The van der Waals surface area contributed by atoms with Gasteiger partial charge < -0.3 is 9.88 Å². The third-order valence-electron chi connectivity index (χ3n) is 5.46. The number of benzene rings is 3. The van der Waals surface area contributed by atoms with Crippen molar-refractivity contribution >= 4 is 44.0 Å². The highest BCUT2D eigenvalue weighted by molar-refractivity contribution is 7.90. The van der Waals surface area contributed by atoms with Gasteiger partial charge in [-0.3, -0.25) is 14.4 Å². The van der Waals surface area contributed by atoms with Gasteiger partial charge in [0.15, 0.2) is 11.6 Å². The smallest absolute Gasteiger partial charge is 0.244 e. The molecule has 33 heavy (non-hydrogen) atoms. The second-order valence-corrected chi connectivity index (χ2v) is 9.66. The first-order valence-corrected chi connectivity index (χ1v) is 11.9. The molecular weight excluding hydrogens is 442 g/mol. The molecule has 5 rings (SSSR count). The van der Waals surface area contributed by atoms with E-state index in [1.165, 1.54) is 16.7 Å². The van der Waals surface area contributed by atoms with Crippen LogP contribution in [0, 0.1) is 0 Å². The summed E-state index contributed by atoms with van der Waals surface area (Å²) in [6, 6.07) is 17.9. The molecule has 0 fully saturated rings. The molecule has 0 bridgehead atoms. The Balaban J connectivity index is 1.46. The number of para-hydroxylation sites is 2. The van der Waals surface area contributed by atoms with Crippen molar-refractivity contribution in [1.82, 2.24) is 9.55 Å². The van der Waals surface area contributed by atoms with Crippen LogP contribution in [-0.2, 0) is 21.2 Å². The van der Waals surface area contributed by atoms with Gasteiger partial charge in [0.1, 0.15) is 6.54 Å². The zero-order chi connectivity index (χ0) is 23.3. The second kappa shape index (κ2) is 7.49. The molecule has 164 valence electrons. The number of rotatable bonds is 4. The first-order chi connectivity index (χ1) is 15.7. The van der Waals surface area contributed by atoms with Gasteiger partial charge >= 0.3 is 0 Å². The largest absolute Gasteiger partial charge is 0.325 e. The van der Waals surface area contributed by atoms with Crippen LogP contribution in [0.25, 0.3) is 11.0 Å². The van der Waals surface area contributed by atoms with Gasteiger partial charge in [0.25, 0.3) is 0 Å². The Morgan fingerprint density at radius 2 is 1.48 bits per heavy atom. The van der Waals surface area contributed by atoms with Crippen molar-refractivity contribution in [2.24, 2.45) is 0 Å². The first kappa shape index (κ1) is 20.8. The summed E-state index contributed by atoms with van der Waals surface area (Å²) in [5, 5.41) is 2.48. The average molecular weight is 459 g/mol. The van der Waals surface area contributed by atoms with Gasteiger partial charge in [-0.25, -0.2) is 13.4 Å². The summed E-state index contributed by atoms with van der Waals surface area (Å²) < 4.78 is 25.8. The number of fused-ring (bicyclic) bond motifs is 3. The first-order valence-electron chi connectivity index (χ1n) is 10.0. The summed E-state index contributed by atoms with van der Waals surface area (Å²) in [6.45, 7) is -0.296. The minimum Gasteiger partial charge on any atom is -0.325 e. The van der Waals surface area contributed by atoms with Crippen LogP contribution >= 0.6 is 0 Å². The molecule has 1 aliphatic carbocycles. The number of aromatic nitrogens is 2. The van der Waals surface area contributed by atoms with Crippen LogP contribution in [0.5, 0.6) is 0 Å². The van der Waals surface area contributed by atoms with Crippen LogP contribution in [0.2, 0.25) is 0 Å². The van der Waals surface area contributed by atoms with E-state index in [0.29, 0.717) is 27.8 Å². The minimum atomic E-state index is -3.68. The van der Waals surface area contributed by atoms with Crippen LogP contribution in [0.3, 0.4) is 0 Å². The van der Waals surface area contributed by atoms with Crippen molar-refractivity contribution in [1.29, 1.82) is 0 Å². The van der Waals surface area contributed by atoms with Crippen LogP contribution in [0.15, 0.2) is 71.9 Å². The number of amides is 1. The van der Waals surface area contributed by atoms with Crippen LogP contribution in [-0.4, -0.2) is 41.7 Å². The van der Waals surface area contributed by atoms with E-state index in [2.05, 4.69) is 10.3 Å². The number of carbonyl (C=O) groups is 3. The van der Waals surface area contributed by atoms with Crippen molar-refractivity contribution in [2.45, 2.75) is 11.7 Å². The minimum absolute atomic E-state index is 0.207. The highest BCUT2D eigenvalue weighted by Crippen LogP contribution is 2.29. The third kappa shape index (κ3) is 3.52. The average Bonchev–Trinajstić information content (AvgIpc) is 3.16. The van der Waals surface area contributed by atoms with Crippen molar-refractivity contribution in [2.75, 3.05) is 11.6 Å². The monoisotopic (exact) mass is 459 g/mol. The van der Waals surface area contributed by atoms with Gasteiger partial charge in [-0.2, -0.15) is 0 Å². The lowest BCUT2D eigenvalue weighted by molar-refractivity contribution is -0.116. The van der Waals surface area contributed by atoms with E-state index in [9.17, 15) is 22.8 Å². The van der Waals surface area contributed by atoms with E-state index < -0.39 is 15.7 Å². The molecule has 0 spiro atoms. The zero-order valence-corrected chi connectivity index (χ0v) is 18.2. The van der Waals surface area contributed by atoms with E-state index in [0.717, 1.165) is 6.26 Å². The van der Waals surface area contributed by atoms with Crippen LogP contribution < -0.4 is 5.32 Å². The Kier molecular flexibility index (Phi) is 4.71. The number of sulfone groups is 1. The molecule has 9 heteroatoms. The molecule has 0 unspecified atom stereocenters. The highest BCUT2D eigenvalue weighted by Gasteiger charge is 2.29. The summed E-state index contributed by atoms with van der Waals surface area (Å²) in [4.78, 5) is 42.6. The normalized spacial score (nSPS) is 13.0. The van der Waals surface area contributed by atoms with Gasteiger partial charge in [-0.05, 0) is 30.3 Å². The lowest BCUT2D eigenvalue weighted by Crippen LogP contribution is -2.23. The number of hydrogen-bond acceptors (Lipinski definition) is 6. The maximum atomic E-state index is 12.9. The molecule has 1 heterocycles. The number of nitrogens with one attached hydrogen (secondary N) is 1. The van der Waals surface area contributed by atoms with Gasteiger partial charge in [-0.1, -0.05) is 36.4 Å². The van der Waals surface area contributed by atoms with Crippen molar-refractivity contribution in [3.05, 3.63) is 89.0 Å². The summed E-state index contributed by atoms with van der Waals surface area (Å²) in [5.74, 6) is -1.05. The van der Waals surface area contributed by atoms with Gasteiger partial charge in [0.2, 0.25) is 20.9 Å². The molecule has 4 aromatic rings. The fourth-order valence-corrected chi connectivity index (χ4v) is 4.84. The molecule has 3 aromatic carbocycles. The number of carbonyl (C=O) groups excluding carboxylic acids is 3. The van der Waals surface area contributed by atoms with E-state index in [1.807, 2.05) is 0 Å². The zero-order valence-electron chi connectivity index (χ0n) is 17.4. The molecule has 0 saturated carbocycles. The Morgan fingerprint density at radius 1 is 0.879 bits per heavy atom. The highest BCUT2D eigenvalue weighted by atomic mass is 32.2. The predicted octanol–water partition coefficient (Wildman–Crippen LogP) is 2.85. The lowest BCUT2D eigenvalue weighted by Gasteiger charge is -2.18. The summed E-state index contributed by atoms with van der Waals surface area (Å²) in [7, 11) is -3.68. The molecule has 0 atom stereocenters. The fourth-order valence-electron chi connectivity index (χ4n) is 4.01. The van der Waals surface area contributed by atoms with E-state index in [1.54, 1.807) is 54.6 Å². The van der Waals surface area contributed by atoms with Crippen molar-refractivity contribution in [3.63, 3.8) is 0 Å². The number of hydrogen-bond donors (Lipinski definition) is 1. The quantitative estimate of drug-likeness (QED) is 0.442. The van der Waals surface area contributed by atoms with Gasteiger partial charge in [0, 0.05) is 34.2 Å². The predicted molar refractivity (Wildman–Crippen MR) is 121 cm³/mol. The number of nitrogens with zero attached hydrogens (tertiary/aromatic N) is 2. The second-order valence-electron chi connectivity index (χ2n) is 7.75. The Morgan fingerprint density at radius 3 is 2.18 bits per heavy atom. The number of anilines is 1. The Bertz CT molecular complexity index is 1600. The summed E-state index contributed by atoms with van der Waals surface area (Å²) >= 11 is 0.